The molecular weight excluding hydrogens is 402 g/mol. The van der Waals surface area contributed by atoms with Gasteiger partial charge >= 0.3 is 0 Å². The van der Waals surface area contributed by atoms with E-state index in [1.807, 2.05) is 35.8 Å². The van der Waals surface area contributed by atoms with Gasteiger partial charge in [-0.05, 0) is 38.0 Å². The Morgan fingerprint density at radius 3 is 2.77 bits per heavy atom. The molecule has 1 aromatic carbocycles. The maximum Gasteiger partial charge on any atom is 0.227 e. The van der Waals surface area contributed by atoms with Crippen LogP contribution in [-0.4, -0.2) is 37.5 Å². The van der Waals surface area contributed by atoms with Crippen molar-refractivity contribution in [2.75, 3.05) is 10.6 Å². The quantitative estimate of drug-likeness (QED) is 0.548. The summed E-state index contributed by atoms with van der Waals surface area (Å²) >= 11 is 6.13. The summed E-state index contributed by atoms with van der Waals surface area (Å²) in [5.41, 5.74) is 2.28. The molecule has 4 rings (SSSR count). The number of rotatable bonds is 6. The van der Waals surface area contributed by atoms with E-state index in [1.165, 1.54) is 0 Å². The Bertz CT molecular complexity index is 1050. The summed E-state index contributed by atoms with van der Waals surface area (Å²) in [5, 5.41) is 10.5. The highest BCUT2D eigenvalue weighted by Gasteiger charge is 2.27. The normalized spacial score (nSPS) is 18.9. The number of benzene rings is 1. The van der Waals surface area contributed by atoms with Crippen LogP contribution in [0, 0.1) is 0 Å². The lowest BCUT2D eigenvalue weighted by molar-refractivity contribution is -0.119. The highest BCUT2D eigenvalue weighted by atomic mass is 35.5. The Kier molecular flexibility index (Phi) is 6.03. The molecule has 0 aliphatic heterocycles. The molecule has 9 heteroatoms. The fraction of sp³-hybridized carbons (Fsp3) is 0.429. The Morgan fingerprint density at radius 1 is 1.23 bits per heavy atom. The van der Waals surface area contributed by atoms with E-state index >= 15 is 0 Å². The van der Waals surface area contributed by atoms with Crippen molar-refractivity contribution in [1.82, 2.24) is 24.8 Å². The van der Waals surface area contributed by atoms with Crippen molar-refractivity contribution in [1.29, 1.82) is 0 Å². The largest absolute Gasteiger partial charge is 0.352 e. The van der Waals surface area contributed by atoms with Crippen molar-refractivity contribution in [3.05, 3.63) is 35.6 Å². The van der Waals surface area contributed by atoms with E-state index in [9.17, 15) is 4.79 Å². The van der Waals surface area contributed by atoms with Crippen molar-refractivity contribution in [2.24, 2.45) is 0 Å². The molecule has 2 unspecified atom stereocenters. The highest BCUT2D eigenvalue weighted by molar-refractivity contribution is 6.30. The van der Waals surface area contributed by atoms with Gasteiger partial charge in [-0.3, -0.25) is 4.79 Å². The first-order valence-electron chi connectivity index (χ1n) is 10.3. The molecule has 158 valence electrons. The minimum absolute atomic E-state index is 0.0163. The van der Waals surface area contributed by atoms with Gasteiger partial charge in [0.15, 0.2) is 17.0 Å². The summed E-state index contributed by atoms with van der Waals surface area (Å²) in [7, 11) is 0. The molecular formula is C21H26ClN7O. The first kappa shape index (κ1) is 20.4. The lowest BCUT2D eigenvalue weighted by atomic mass is 9.90. The minimum atomic E-state index is -0.0163. The van der Waals surface area contributed by atoms with Crippen LogP contribution in [0.15, 0.2) is 30.6 Å². The van der Waals surface area contributed by atoms with Crippen molar-refractivity contribution < 1.29 is 4.79 Å². The van der Waals surface area contributed by atoms with Crippen LogP contribution in [0.4, 0.5) is 17.5 Å². The number of carbonyl (C=O) groups excluding carboxylic acids is 1. The second-order valence-corrected chi connectivity index (χ2v) is 8.01. The van der Waals surface area contributed by atoms with Gasteiger partial charge in [0.05, 0.1) is 6.33 Å². The number of nitrogens with zero attached hydrogens (tertiary/aromatic N) is 4. The molecule has 1 aliphatic carbocycles. The van der Waals surface area contributed by atoms with E-state index in [0.29, 0.717) is 22.3 Å². The molecule has 1 fully saturated rings. The fourth-order valence-electron chi connectivity index (χ4n) is 3.93. The minimum Gasteiger partial charge on any atom is -0.352 e. The van der Waals surface area contributed by atoms with Crippen molar-refractivity contribution in [3.8, 4) is 0 Å². The molecule has 1 amide bonds. The third kappa shape index (κ3) is 4.48. The molecule has 1 saturated carbocycles. The topological polar surface area (TPSA) is 96.8 Å². The Morgan fingerprint density at radius 2 is 2.03 bits per heavy atom. The summed E-state index contributed by atoms with van der Waals surface area (Å²) in [5.74, 6) is 1.12. The predicted molar refractivity (Wildman–Crippen MR) is 119 cm³/mol. The predicted octanol–water partition coefficient (Wildman–Crippen LogP) is 4.10. The Labute approximate surface area is 180 Å². The van der Waals surface area contributed by atoms with E-state index in [4.69, 9.17) is 21.6 Å². The molecule has 30 heavy (non-hydrogen) atoms. The smallest absolute Gasteiger partial charge is 0.227 e. The van der Waals surface area contributed by atoms with Crippen LogP contribution in [0.2, 0.25) is 5.02 Å². The molecule has 3 N–H and O–H groups in total. The second-order valence-electron chi connectivity index (χ2n) is 7.58. The number of carbonyl (C=O) groups is 1. The number of aryl methyl sites for hydroxylation is 1. The van der Waals surface area contributed by atoms with E-state index < -0.39 is 0 Å². The zero-order chi connectivity index (χ0) is 21.1. The molecule has 2 atom stereocenters. The van der Waals surface area contributed by atoms with Crippen molar-refractivity contribution >= 4 is 46.1 Å². The maximum absolute atomic E-state index is 11.6. The number of hydrogen-bond donors (Lipinski definition) is 3. The molecule has 0 saturated heterocycles. The van der Waals surface area contributed by atoms with Gasteiger partial charge in [-0.25, -0.2) is 4.98 Å². The summed E-state index contributed by atoms with van der Waals surface area (Å²) in [6.07, 6.45) is 5.88. The van der Waals surface area contributed by atoms with E-state index in [-0.39, 0.29) is 18.0 Å². The number of hydrogen-bond acceptors (Lipinski definition) is 6. The lowest BCUT2D eigenvalue weighted by Crippen LogP contribution is -2.48. The van der Waals surface area contributed by atoms with Crippen LogP contribution in [-0.2, 0) is 11.3 Å². The fourth-order valence-corrected chi connectivity index (χ4v) is 4.12. The molecule has 3 aromatic rings. The molecule has 0 radical (unpaired) electrons. The third-order valence-electron chi connectivity index (χ3n) is 5.36. The number of imidazole rings is 1. The van der Waals surface area contributed by atoms with Gasteiger partial charge in [0.25, 0.3) is 0 Å². The number of halogens is 1. The number of aromatic nitrogens is 4. The average Bonchev–Trinajstić information content (AvgIpc) is 3.12. The summed E-state index contributed by atoms with van der Waals surface area (Å²) in [4.78, 5) is 25.6. The van der Waals surface area contributed by atoms with Gasteiger partial charge < -0.3 is 20.5 Å². The van der Waals surface area contributed by atoms with Crippen molar-refractivity contribution in [3.63, 3.8) is 0 Å². The third-order valence-corrected chi connectivity index (χ3v) is 5.60. The molecule has 0 spiro atoms. The zero-order valence-electron chi connectivity index (χ0n) is 17.2. The second kappa shape index (κ2) is 8.87. The van der Waals surface area contributed by atoms with Crippen LogP contribution in [0.3, 0.4) is 0 Å². The van der Waals surface area contributed by atoms with Gasteiger partial charge in [0.2, 0.25) is 11.9 Å². The standard InChI is InChI=1S/C21H26ClN7O/c1-3-29-12-23-18-19(25-15-8-6-7-14(22)11-15)27-21(28-20(18)29)26-17-10-5-4-9-16(17)24-13(2)30/h6-8,11-12,16-17H,3-5,9-10H2,1-2H3,(H,24,30)(H2,25,26,27,28). The van der Waals surface area contributed by atoms with E-state index in [0.717, 1.165) is 43.6 Å². The summed E-state index contributed by atoms with van der Waals surface area (Å²) in [6.45, 7) is 4.36. The molecule has 8 nitrogen and oxygen atoms in total. The van der Waals surface area contributed by atoms with Gasteiger partial charge in [-0.2, -0.15) is 9.97 Å². The molecule has 1 aliphatic rings. The number of anilines is 3. The van der Waals surface area contributed by atoms with Gasteiger partial charge in [-0.15, -0.1) is 0 Å². The van der Waals surface area contributed by atoms with Gasteiger partial charge in [0.1, 0.15) is 0 Å². The van der Waals surface area contributed by atoms with Gasteiger partial charge in [0, 0.05) is 36.3 Å². The summed E-state index contributed by atoms with van der Waals surface area (Å²) < 4.78 is 1.98. The first-order chi connectivity index (χ1) is 14.5. The molecule has 0 bridgehead atoms. The lowest BCUT2D eigenvalue weighted by Gasteiger charge is -2.32. The maximum atomic E-state index is 11.6. The average molecular weight is 428 g/mol. The number of amides is 1. The monoisotopic (exact) mass is 427 g/mol. The van der Waals surface area contributed by atoms with Crippen LogP contribution < -0.4 is 16.0 Å². The van der Waals surface area contributed by atoms with Crippen LogP contribution in [0.1, 0.15) is 39.5 Å². The van der Waals surface area contributed by atoms with Crippen molar-refractivity contribution in [2.45, 2.75) is 58.2 Å². The Balaban J connectivity index is 1.68. The highest BCUT2D eigenvalue weighted by Crippen LogP contribution is 2.27. The number of fused-ring (bicyclic) bond motifs is 1. The SMILES string of the molecule is CCn1cnc2c(Nc3cccc(Cl)c3)nc(NC3CCCCC3NC(C)=O)nc21. The number of nitrogens with one attached hydrogen (secondary N) is 3. The van der Waals surface area contributed by atoms with E-state index in [1.54, 1.807) is 13.3 Å². The van der Waals surface area contributed by atoms with Crippen LogP contribution in [0.25, 0.3) is 11.2 Å². The van der Waals surface area contributed by atoms with Crippen LogP contribution >= 0.6 is 11.6 Å². The molecule has 2 aromatic heterocycles. The Hall–Kier alpha value is -2.87. The first-order valence-corrected chi connectivity index (χ1v) is 10.7. The van der Waals surface area contributed by atoms with Gasteiger partial charge in [-0.1, -0.05) is 30.5 Å². The molecule has 2 heterocycles. The van der Waals surface area contributed by atoms with E-state index in [2.05, 4.69) is 20.9 Å². The van der Waals surface area contributed by atoms with Crippen LogP contribution in [0.5, 0.6) is 0 Å². The zero-order valence-corrected chi connectivity index (χ0v) is 17.9. The summed E-state index contributed by atoms with van der Waals surface area (Å²) in [6, 6.07) is 7.62.